The van der Waals surface area contributed by atoms with Gasteiger partial charge in [0.25, 0.3) is 0 Å². The highest BCUT2D eigenvalue weighted by Crippen LogP contribution is 2.56. The third-order valence-electron chi connectivity index (χ3n) is 7.47. The molecule has 0 heterocycles. The molecule has 0 N–H and O–H groups in total. The van der Waals surface area contributed by atoms with Crippen LogP contribution < -0.4 is 4.74 Å². The molecule has 2 aromatic rings. The van der Waals surface area contributed by atoms with E-state index in [0.717, 1.165) is 18.3 Å². The fraction of sp³-hybridized carbons (Fsp3) is 0.677. The smallest absolute Gasteiger partial charge is 0.197 e. The summed E-state index contributed by atoms with van der Waals surface area (Å²) in [7, 11) is 0. The van der Waals surface area contributed by atoms with Crippen molar-refractivity contribution >= 4 is 10.8 Å². The molecule has 4 rings (SSSR count). The van der Waals surface area contributed by atoms with Crippen LogP contribution in [0.4, 0.5) is 0 Å². The standard InChI is InChI=1S/C28H40O2.C3H8/c1-6-21-22-13-10-14-23-25(16-15-24(26(22)23)27(21)28(3,4)5)30-19(2)29-18-17-20-11-8-7-9-12-20;1-3-2/h10,13-16,19-21,27H,6-9,11-12,17-18H2,1-5H3;3H2,1-2H3. The van der Waals surface area contributed by atoms with E-state index >= 15 is 0 Å². The fourth-order valence-corrected chi connectivity index (χ4v) is 6.12. The van der Waals surface area contributed by atoms with Crippen LogP contribution in [0.2, 0.25) is 0 Å². The maximum absolute atomic E-state index is 6.32. The van der Waals surface area contributed by atoms with E-state index in [1.807, 2.05) is 6.92 Å². The average molecular weight is 453 g/mol. The molecule has 0 amide bonds. The van der Waals surface area contributed by atoms with Gasteiger partial charge in [-0.2, -0.15) is 0 Å². The molecule has 2 nitrogen and oxygen atoms in total. The van der Waals surface area contributed by atoms with E-state index in [2.05, 4.69) is 71.9 Å². The van der Waals surface area contributed by atoms with Gasteiger partial charge in [-0.15, -0.1) is 0 Å². The van der Waals surface area contributed by atoms with E-state index in [1.165, 1.54) is 73.3 Å². The minimum absolute atomic E-state index is 0.215. The first-order chi connectivity index (χ1) is 15.8. The minimum atomic E-state index is -0.215. The van der Waals surface area contributed by atoms with E-state index in [0.29, 0.717) is 11.8 Å². The van der Waals surface area contributed by atoms with E-state index in [1.54, 1.807) is 0 Å². The molecule has 2 aliphatic rings. The fourth-order valence-electron chi connectivity index (χ4n) is 6.12. The van der Waals surface area contributed by atoms with Crippen molar-refractivity contribution in [1.82, 2.24) is 0 Å². The third-order valence-corrected chi connectivity index (χ3v) is 7.47. The summed E-state index contributed by atoms with van der Waals surface area (Å²) in [6, 6.07) is 11.3. The number of hydrogen-bond donors (Lipinski definition) is 0. The Kier molecular flexibility index (Phi) is 9.27. The molecular formula is C31H48O2. The summed E-state index contributed by atoms with van der Waals surface area (Å²) in [5.74, 6) is 2.96. The van der Waals surface area contributed by atoms with Gasteiger partial charge in [0.2, 0.25) is 0 Å². The van der Waals surface area contributed by atoms with Gasteiger partial charge in [-0.05, 0) is 65.5 Å². The SMILES string of the molecule is CCC.CCC1c2cccc3c(OC(C)OCCC4CCCCC4)ccc(c23)C1C(C)(C)C. The topological polar surface area (TPSA) is 18.5 Å². The molecule has 0 bridgehead atoms. The quantitative estimate of drug-likeness (QED) is 0.389. The Bertz CT molecular complexity index is 872. The summed E-state index contributed by atoms with van der Waals surface area (Å²) >= 11 is 0. The number of hydrogen-bond acceptors (Lipinski definition) is 2. The normalized spacial score (nSPS) is 21.5. The van der Waals surface area contributed by atoms with Gasteiger partial charge in [-0.1, -0.05) is 104 Å². The van der Waals surface area contributed by atoms with E-state index in [4.69, 9.17) is 9.47 Å². The molecule has 33 heavy (non-hydrogen) atoms. The first-order valence-corrected chi connectivity index (χ1v) is 13.6. The van der Waals surface area contributed by atoms with Gasteiger partial charge in [-0.3, -0.25) is 0 Å². The molecule has 0 saturated heterocycles. The van der Waals surface area contributed by atoms with Crippen LogP contribution >= 0.6 is 0 Å². The highest BCUT2D eigenvalue weighted by Gasteiger charge is 2.40. The lowest BCUT2D eigenvalue weighted by molar-refractivity contribution is -0.0703. The summed E-state index contributed by atoms with van der Waals surface area (Å²) in [5, 5.41) is 2.68. The van der Waals surface area contributed by atoms with Crippen LogP contribution in [0.25, 0.3) is 10.8 Å². The third kappa shape index (κ3) is 6.13. The Morgan fingerprint density at radius 3 is 2.27 bits per heavy atom. The van der Waals surface area contributed by atoms with E-state index in [-0.39, 0.29) is 11.7 Å². The Morgan fingerprint density at radius 2 is 1.64 bits per heavy atom. The van der Waals surface area contributed by atoms with E-state index in [9.17, 15) is 0 Å². The van der Waals surface area contributed by atoms with Crippen molar-refractivity contribution in [2.75, 3.05) is 6.61 Å². The van der Waals surface area contributed by atoms with Crippen molar-refractivity contribution in [3.05, 3.63) is 41.5 Å². The molecule has 1 saturated carbocycles. The lowest BCUT2D eigenvalue weighted by Crippen LogP contribution is -2.21. The van der Waals surface area contributed by atoms with Crippen LogP contribution in [-0.2, 0) is 4.74 Å². The van der Waals surface area contributed by atoms with Crippen molar-refractivity contribution in [1.29, 1.82) is 0 Å². The van der Waals surface area contributed by atoms with Gasteiger partial charge < -0.3 is 9.47 Å². The number of rotatable bonds is 7. The lowest BCUT2D eigenvalue weighted by Gasteiger charge is -2.33. The first kappa shape index (κ1) is 26.1. The maximum atomic E-state index is 6.32. The summed E-state index contributed by atoms with van der Waals surface area (Å²) in [6.45, 7) is 16.6. The molecule has 0 aliphatic heterocycles. The maximum Gasteiger partial charge on any atom is 0.197 e. The number of benzene rings is 2. The van der Waals surface area contributed by atoms with E-state index < -0.39 is 0 Å². The molecule has 0 spiro atoms. The predicted molar refractivity (Wildman–Crippen MR) is 142 cm³/mol. The molecule has 3 atom stereocenters. The molecule has 1 fully saturated rings. The van der Waals surface area contributed by atoms with Crippen molar-refractivity contribution in [2.45, 2.75) is 118 Å². The summed E-state index contributed by atoms with van der Waals surface area (Å²) in [4.78, 5) is 0. The highest BCUT2D eigenvalue weighted by molar-refractivity contribution is 5.96. The van der Waals surface area contributed by atoms with Crippen molar-refractivity contribution < 1.29 is 9.47 Å². The van der Waals surface area contributed by atoms with Crippen LogP contribution in [-0.4, -0.2) is 12.9 Å². The second kappa shape index (κ2) is 11.7. The molecular weight excluding hydrogens is 404 g/mol. The summed E-state index contributed by atoms with van der Waals surface area (Å²) in [6.07, 6.45) is 10.3. The van der Waals surface area contributed by atoms with Gasteiger partial charge in [0, 0.05) is 5.39 Å². The van der Waals surface area contributed by atoms with Crippen LogP contribution in [0, 0.1) is 11.3 Å². The molecule has 2 heteroatoms. The second-order valence-corrected chi connectivity index (χ2v) is 11.3. The molecule has 2 aromatic carbocycles. The zero-order valence-electron chi connectivity index (χ0n) is 22.4. The minimum Gasteiger partial charge on any atom is -0.465 e. The van der Waals surface area contributed by atoms with Gasteiger partial charge >= 0.3 is 0 Å². The molecule has 3 unspecified atom stereocenters. The van der Waals surface area contributed by atoms with Crippen molar-refractivity contribution in [3.8, 4) is 5.75 Å². The Labute approximate surface area is 203 Å². The predicted octanol–water partition coefficient (Wildman–Crippen LogP) is 9.60. The van der Waals surface area contributed by atoms with Crippen LogP contribution in [0.3, 0.4) is 0 Å². The van der Waals surface area contributed by atoms with Crippen LogP contribution in [0.1, 0.15) is 123 Å². The average Bonchev–Trinajstić information content (AvgIpc) is 3.12. The van der Waals surface area contributed by atoms with Gasteiger partial charge in [0.05, 0.1) is 6.61 Å². The lowest BCUT2D eigenvalue weighted by atomic mass is 9.71. The van der Waals surface area contributed by atoms with Gasteiger partial charge in [0.15, 0.2) is 6.29 Å². The zero-order valence-corrected chi connectivity index (χ0v) is 22.4. The number of ether oxygens (including phenoxy) is 2. The Balaban J connectivity index is 0.000000968. The molecule has 2 aliphatic carbocycles. The largest absolute Gasteiger partial charge is 0.465 e. The monoisotopic (exact) mass is 452 g/mol. The van der Waals surface area contributed by atoms with Crippen LogP contribution in [0.5, 0.6) is 5.75 Å². The molecule has 0 radical (unpaired) electrons. The zero-order chi connectivity index (χ0) is 24.0. The van der Waals surface area contributed by atoms with Gasteiger partial charge in [0.1, 0.15) is 5.75 Å². The van der Waals surface area contributed by atoms with Crippen LogP contribution in [0.15, 0.2) is 30.3 Å². The Hall–Kier alpha value is -1.54. The Morgan fingerprint density at radius 1 is 0.939 bits per heavy atom. The second-order valence-electron chi connectivity index (χ2n) is 11.3. The summed E-state index contributed by atoms with van der Waals surface area (Å²) < 4.78 is 12.4. The van der Waals surface area contributed by atoms with Crippen molar-refractivity contribution in [2.24, 2.45) is 11.3 Å². The van der Waals surface area contributed by atoms with Crippen molar-refractivity contribution in [3.63, 3.8) is 0 Å². The first-order valence-electron chi connectivity index (χ1n) is 13.6. The highest BCUT2D eigenvalue weighted by atomic mass is 16.7. The van der Waals surface area contributed by atoms with Gasteiger partial charge in [-0.25, -0.2) is 0 Å². The summed E-state index contributed by atoms with van der Waals surface area (Å²) in [5.41, 5.74) is 3.24. The molecule has 0 aromatic heterocycles. The molecule has 184 valence electrons.